The number of aromatic nitrogens is 4. The molecule has 0 radical (unpaired) electrons. The summed E-state index contributed by atoms with van der Waals surface area (Å²) in [7, 11) is 0. The van der Waals surface area contributed by atoms with E-state index in [9.17, 15) is 0 Å². The summed E-state index contributed by atoms with van der Waals surface area (Å²) in [6, 6.07) is 55.3. The summed E-state index contributed by atoms with van der Waals surface area (Å²) in [5.74, 6) is 0.706. The number of para-hydroxylation sites is 2. The van der Waals surface area contributed by atoms with Gasteiger partial charge < -0.3 is 4.57 Å². The molecule has 3 heterocycles. The highest BCUT2D eigenvalue weighted by Gasteiger charge is 2.15. The van der Waals surface area contributed by atoms with Gasteiger partial charge in [0.2, 0.25) is 0 Å². The highest BCUT2D eigenvalue weighted by molar-refractivity contribution is 6.09. The first-order chi connectivity index (χ1) is 23.3. The summed E-state index contributed by atoms with van der Waals surface area (Å²) in [4.78, 5) is 14.6. The second-order valence-corrected chi connectivity index (χ2v) is 11.7. The van der Waals surface area contributed by atoms with Crippen LogP contribution in [0.2, 0.25) is 0 Å². The van der Waals surface area contributed by atoms with Crippen molar-refractivity contribution in [2.75, 3.05) is 0 Å². The smallest absolute Gasteiger partial charge is 0.161 e. The van der Waals surface area contributed by atoms with E-state index in [0.717, 1.165) is 55.7 Å². The van der Waals surface area contributed by atoms with Crippen LogP contribution >= 0.6 is 0 Å². The molecule has 0 aliphatic rings. The molecular weight excluding hydrogens is 573 g/mol. The molecule has 0 spiro atoms. The first-order valence-corrected chi connectivity index (χ1v) is 15.8. The van der Waals surface area contributed by atoms with Gasteiger partial charge in [-0.1, -0.05) is 121 Å². The van der Waals surface area contributed by atoms with E-state index in [1.165, 1.54) is 21.8 Å². The van der Waals surface area contributed by atoms with Crippen molar-refractivity contribution in [3.63, 3.8) is 0 Å². The van der Waals surface area contributed by atoms with Gasteiger partial charge in [0.1, 0.15) is 0 Å². The maximum Gasteiger partial charge on any atom is 0.161 e. The zero-order valence-electron chi connectivity index (χ0n) is 25.5. The molecule has 0 bridgehead atoms. The molecule has 0 saturated carbocycles. The third-order valence-electron chi connectivity index (χ3n) is 8.93. The fourth-order valence-electron chi connectivity index (χ4n) is 6.63. The van der Waals surface area contributed by atoms with E-state index in [-0.39, 0.29) is 0 Å². The molecular formula is C43H28N4. The minimum atomic E-state index is 0.706. The van der Waals surface area contributed by atoms with Crippen molar-refractivity contribution in [3.05, 3.63) is 170 Å². The standard InChI is InChI=1S/C43H28N4/c1-2-12-35-30(9-1)10-7-15-38(35)43-45-39(31-20-18-29(19-21-31)33-11-8-26-44-28-33)27-40(46-43)32-22-24-34(25-23-32)47-41-16-5-3-13-36(41)37-14-4-6-17-42(37)47/h1-28H. The Morgan fingerprint density at radius 2 is 1.00 bits per heavy atom. The van der Waals surface area contributed by atoms with Gasteiger partial charge in [-0.05, 0) is 58.3 Å². The van der Waals surface area contributed by atoms with Gasteiger partial charge in [0, 0.05) is 45.5 Å². The maximum absolute atomic E-state index is 5.18. The van der Waals surface area contributed by atoms with E-state index in [1.807, 2.05) is 12.3 Å². The van der Waals surface area contributed by atoms with Crippen LogP contribution in [0, 0.1) is 0 Å². The first kappa shape index (κ1) is 27.0. The Morgan fingerprint density at radius 1 is 0.426 bits per heavy atom. The number of pyridine rings is 1. The van der Waals surface area contributed by atoms with Gasteiger partial charge in [-0.25, -0.2) is 9.97 Å². The minimum absolute atomic E-state index is 0.706. The summed E-state index contributed by atoms with van der Waals surface area (Å²) < 4.78 is 2.34. The fraction of sp³-hybridized carbons (Fsp3) is 0. The normalized spacial score (nSPS) is 11.4. The molecule has 220 valence electrons. The molecule has 0 saturated heterocycles. The van der Waals surface area contributed by atoms with Gasteiger partial charge in [0.25, 0.3) is 0 Å². The molecule has 4 nitrogen and oxygen atoms in total. The third-order valence-corrected chi connectivity index (χ3v) is 8.93. The van der Waals surface area contributed by atoms with Crippen LogP contribution in [0.3, 0.4) is 0 Å². The quantitative estimate of drug-likeness (QED) is 0.197. The molecule has 0 amide bonds. The summed E-state index contributed by atoms with van der Waals surface area (Å²) >= 11 is 0. The van der Waals surface area contributed by atoms with Crippen LogP contribution in [0.15, 0.2) is 170 Å². The highest BCUT2D eigenvalue weighted by Crippen LogP contribution is 2.35. The lowest BCUT2D eigenvalue weighted by atomic mass is 10.0. The van der Waals surface area contributed by atoms with Crippen molar-refractivity contribution in [1.82, 2.24) is 19.5 Å². The van der Waals surface area contributed by atoms with Gasteiger partial charge in [-0.15, -0.1) is 0 Å². The van der Waals surface area contributed by atoms with Gasteiger partial charge in [-0.2, -0.15) is 0 Å². The average molecular weight is 601 g/mol. The monoisotopic (exact) mass is 600 g/mol. The van der Waals surface area contributed by atoms with E-state index >= 15 is 0 Å². The highest BCUT2D eigenvalue weighted by atomic mass is 15.0. The Labute approximate surface area is 272 Å². The SMILES string of the molecule is c1cncc(-c2ccc(-c3cc(-c4ccc(-n5c6ccccc6c6ccccc65)cc4)nc(-c4cccc5ccccc45)n3)cc2)c1. The van der Waals surface area contributed by atoms with Crippen LogP contribution in [0.5, 0.6) is 0 Å². The van der Waals surface area contributed by atoms with E-state index < -0.39 is 0 Å². The lowest BCUT2D eigenvalue weighted by Crippen LogP contribution is -1.97. The Hall–Kier alpha value is -6.39. The molecule has 47 heavy (non-hydrogen) atoms. The summed E-state index contributed by atoms with van der Waals surface area (Å²) in [6.07, 6.45) is 3.68. The molecule has 9 aromatic rings. The van der Waals surface area contributed by atoms with E-state index in [1.54, 1.807) is 6.20 Å². The third kappa shape index (κ3) is 4.75. The Morgan fingerprint density at radius 3 is 1.66 bits per heavy atom. The number of hydrogen-bond acceptors (Lipinski definition) is 3. The lowest BCUT2D eigenvalue weighted by molar-refractivity contribution is 1.17. The lowest BCUT2D eigenvalue weighted by Gasteiger charge is -2.13. The number of nitrogens with zero attached hydrogens (tertiary/aromatic N) is 4. The van der Waals surface area contributed by atoms with Gasteiger partial charge in [0.15, 0.2) is 5.82 Å². The van der Waals surface area contributed by atoms with Crippen molar-refractivity contribution >= 4 is 32.6 Å². The van der Waals surface area contributed by atoms with Gasteiger partial charge >= 0.3 is 0 Å². The molecule has 9 rings (SSSR count). The molecule has 3 aromatic heterocycles. The maximum atomic E-state index is 5.18. The Kier molecular flexibility index (Phi) is 6.43. The molecule has 0 N–H and O–H groups in total. The number of rotatable bonds is 5. The van der Waals surface area contributed by atoms with E-state index in [0.29, 0.717) is 5.82 Å². The van der Waals surface area contributed by atoms with Gasteiger partial charge in [0.05, 0.1) is 22.4 Å². The van der Waals surface area contributed by atoms with Crippen LogP contribution < -0.4 is 0 Å². The predicted octanol–water partition coefficient (Wildman–Crippen LogP) is 10.8. The fourth-order valence-corrected chi connectivity index (χ4v) is 6.63. The molecule has 0 unspecified atom stereocenters. The second-order valence-electron chi connectivity index (χ2n) is 11.7. The average Bonchev–Trinajstić information content (AvgIpc) is 3.49. The summed E-state index contributed by atoms with van der Waals surface area (Å²) in [5.41, 5.74) is 10.5. The van der Waals surface area contributed by atoms with Crippen molar-refractivity contribution in [3.8, 4) is 50.7 Å². The molecule has 4 heteroatoms. The van der Waals surface area contributed by atoms with E-state index in [2.05, 4.69) is 161 Å². The zero-order valence-corrected chi connectivity index (χ0v) is 25.5. The number of benzene rings is 6. The van der Waals surface area contributed by atoms with Crippen molar-refractivity contribution in [2.24, 2.45) is 0 Å². The van der Waals surface area contributed by atoms with Crippen LogP contribution in [-0.4, -0.2) is 19.5 Å². The Bertz CT molecular complexity index is 2490. The van der Waals surface area contributed by atoms with Crippen LogP contribution in [0.4, 0.5) is 0 Å². The summed E-state index contributed by atoms with van der Waals surface area (Å²) in [5, 5.41) is 4.80. The first-order valence-electron chi connectivity index (χ1n) is 15.8. The topological polar surface area (TPSA) is 43.6 Å². The number of hydrogen-bond donors (Lipinski definition) is 0. The zero-order chi connectivity index (χ0) is 31.2. The molecule has 6 aromatic carbocycles. The van der Waals surface area contributed by atoms with Crippen LogP contribution in [0.1, 0.15) is 0 Å². The predicted molar refractivity (Wildman–Crippen MR) is 193 cm³/mol. The van der Waals surface area contributed by atoms with Crippen molar-refractivity contribution in [2.45, 2.75) is 0 Å². The molecule has 0 atom stereocenters. The summed E-state index contributed by atoms with van der Waals surface area (Å²) in [6.45, 7) is 0. The van der Waals surface area contributed by atoms with Crippen LogP contribution in [0.25, 0.3) is 83.3 Å². The molecule has 0 fully saturated rings. The Balaban J connectivity index is 1.18. The van der Waals surface area contributed by atoms with E-state index in [4.69, 9.17) is 9.97 Å². The second kappa shape index (κ2) is 11.2. The molecule has 0 aliphatic carbocycles. The minimum Gasteiger partial charge on any atom is -0.309 e. The van der Waals surface area contributed by atoms with Crippen molar-refractivity contribution in [1.29, 1.82) is 0 Å². The van der Waals surface area contributed by atoms with Crippen LogP contribution in [-0.2, 0) is 0 Å². The van der Waals surface area contributed by atoms with Crippen molar-refractivity contribution < 1.29 is 0 Å². The largest absolute Gasteiger partial charge is 0.309 e. The van der Waals surface area contributed by atoms with Gasteiger partial charge in [-0.3, -0.25) is 4.98 Å². The number of fused-ring (bicyclic) bond motifs is 4. The molecule has 0 aliphatic heterocycles.